The minimum atomic E-state index is -4.57. The first-order chi connectivity index (χ1) is 35.4. The van der Waals surface area contributed by atoms with E-state index < -0.39 is 47.2 Å². The van der Waals surface area contributed by atoms with E-state index in [4.69, 9.17) is 20.4 Å². The van der Waals surface area contributed by atoms with E-state index in [-0.39, 0.29) is 12.4 Å². The Balaban J connectivity index is 0.000000437. The maximum atomic E-state index is 12.4. The molecule has 0 bridgehead atoms. The van der Waals surface area contributed by atoms with Gasteiger partial charge in [-0.15, -0.1) is 5.10 Å². The molecule has 0 aliphatic rings. The van der Waals surface area contributed by atoms with Gasteiger partial charge in [0.1, 0.15) is 12.3 Å². The third kappa shape index (κ3) is 28.7. The van der Waals surface area contributed by atoms with E-state index in [9.17, 15) is 57.5 Å². The van der Waals surface area contributed by atoms with Crippen LogP contribution in [-0.2, 0) is 74.4 Å². The van der Waals surface area contributed by atoms with E-state index in [1.807, 2.05) is 64.7 Å². The van der Waals surface area contributed by atoms with Gasteiger partial charge in [0.25, 0.3) is 5.92 Å². The number of hydrogen-bond donors (Lipinski definition) is 0. The molecule has 0 radical (unpaired) electrons. The first-order valence-corrected chi connectivity index (χ1v) is 22.3. The van der Waals surface area contributed by atoms with Crippen LogP contribution < -0.4 is 5.69 Å². The van der Waals surface area contributed by atoms with E-state index >= 15 is 0 Å². The molecule has 0 saturated heterocycles. The van der Waals surface area contributed by atoms with E-state index in [0.29, 0.717) is 14.3 Å². The zero-order chi connectivity index (χ0) is 59.1. The van der Waals surface area contributed by atoms with Gasteiger partial charge in [-0.2, -0.15) is 65.0 Å². The van der Waals surface area contributed by atoms with Crippen molar-refractivity contribution in [3.63, 3.8) is 0 Å². The lowest BCUT2D eigenvalue weighted by Crippen LogP contribution is -2.22. The Morgan fingerprint density at radius 3 is 1.38 bits per heavy atom. The second-order valence-corrected chi connectivity index (χ2v) is 16.8. The maximum absolute atomic E-state index is 12.4. The third-order valence-corrected chi connectivity index (χ3v) is 8.92. The van der Waals surface area contributed by atoms with Crippen molar-refractivity contribution in [2.24, 2.45) is 49.3 Å². The normalized spacial score (nSPS) is 10.8. The van der Waals surface area contributed by atoms with Crippen molar-refractivity contribution in [3.8, 4) is 0 Å². The molecular formula is C47H59ClF12N14O3. The molecule has 77 heavy (non-hydrogen) atoms. The largest absolute Gasteiger partial charge is 0.472 e. The second-order valence-electron chi connectivity index (χ2n) is 16.3. The van der Waals surface area contributed by atoms with E-state index in [1.54, 1.807) is 55.3 Å². The van der Waals surface area contributed by atoms with Crippen molar-refractivity contribution in [1.29, 1.82) is 0 Å². The second kappa shape index (κ2) is 30.7. The molecule has 0 atom stereocenters. The Kier molecular flexibility index (Phi) is 26.9. The van der Waals surface area contributed by atoms with Crippen molar-refractivity contribution < 1.29 is 61.5 Å². The van der Waals surface area contributed by atoms with E-state index in [1.165, 1.54) is 58.7 Å². The number of aromatic nitrogens is 14. The summed E-state index contributed by atoms with van der Waals surface area (Å²) < 4.78 is 162. The fourth-order valence-electron chi connectivity index (χ4n) is 4.98. The Bertz CT molecular complexity index is 2860. The predicted octanol–water partition coefficient (Wildman–Crippen LogP) is 11.3. The SMILES string of the molecule is Cc1ccn(C)c1.Cc1ccoc1.Cc1ccoc1C.Cc1cnn(CC(C)(F)F)c1.Cn1cc(C(F)(F)F)cn1.Cn1cc(Cl)cn1.Cn1cc(F)cn1.Cn1ccc(C(F)(F)F)n1.Cn1nc(C(F)(F)F)n(C)c1=O. The van der Waals surface area contributed by atoms with Gasteiger partial charge in [0.05, 0.1) is 60.4 Å². The summed E-state index contributed by atoms with van der Waals surface area (Å²) in [4.78, 5) is 10.8. The molecule has 0 fully saturated rings. The van der Waals surface area contributed by atoms with E-state index in [2.05, 4.69) is 49.8 Å². The predicted molar refractivity (Wildman–Crippen MR) is 261 cm³/mol. The highest BCUT2D eigenvalue weighted by molar-refractivity contribution is 6.30. The quantitative estimate of drug-likeness (QED) is 0.153. The van der Waals surface area contributed by atoms with Gasteiger partial charge in [-0.05, 0) is 81.1 Å². The maximum Gasteiger partial charge on any atom is 0.451 e. The Hall–Kier alpha value is -7.72. The Labute approximate surface area is 439 Å². The number of nitrogens with zero attached hydrogens (tertiary/aromatic N) is 14. The zero-order valence-corrected chi connectivity index (χ0v) is 44.8. The summed E-state index contributed by atoms with van der Waals surface area (Å²) in [5, 5.41) is 21.4. The molecular weight excluding hydrogens is 1070 g/mol. The summed E-state index contributed by atoms with van der Waals surface area (Å²) in [5.74, 6) is -3.14. The number of furan rings is 2. The van der Waals surface area contributed by atoms with Crippen LogP contribution in [0.2, 0.25) is 5.02 Å². The summed E-state index contributed by atoms with van der Waals surface area (Å²) in [6, 6.07) is 6.88. The fourth-order valence-corrected chi connectivity index (χ4v) is 5.17. The average Bonchev–Trinajstić information content (AvgIpc) is 4.16. The molecule has 9 aromatic heterocycles. The van der Waals surface area contributed by atoms with Gasteiger partial charge < -0.3 is 13.4 Å². The van der Waals surface area contributed by atoms with Crippen molar-refractivity contribution in [2.45, 2.75) is 72.5 Å². The summed E-state index contributed by atoms with van der Waals surface area (Å²) in [6.45, 7) is 10.4. The van der Waals surface area contributed by atoms with Crippen molar-refractivity contribution in [1.82, 2.24) is 67.8 Å². The highest BCUT2D eigenvalue weighted by Gasteiger charge is 2.37. The van der Waals surface area contributed by atoms with Crippen LogP contribution in [0.1, 0.15) is 52.0 Å². The molecule has 30 heteroatoms. The van der Waals surface area contributed by atoms with Crippen molar-refractivity contribution in [3.05, 3.63) is 178 Å². The van der Waals surface area contributed by atoms with Gasteiger partial charge in [0.15, 0.2) is 11.5 Å². The molecule has 9 aromatic rings. The highest BCUT2D eigenvalue weighted by Crippen LogP contribution is 2.29. The zero-order valence-electron chi connectivity index (χ0n) is 44.0. The van der Waals surface area contributed by atoms with Gasteiger partial charge in [-0.3, -0.25) is 28.0 Å². The number of aryl methyl sites for hydroxylation is 11. The molecule has 0 amide bonds. The monoisotopic (exact) mass is 1130 g/mol. The van der Waals surface area contributed by atoms with Crippen LogP contribution >= 0.6 is 11.6 Å². The van der Waals surface area contributed by atoms with Gasteiger partial charge >= 0.3 is 24.2 Å². The van der Waals surface area contributed by atoms with Crippen LogP contribution in [0.4, 0.5) is 52.7 Å². The van der Waals surface area contributed by atoms with Crippen LogP contribution in [-0.4, -0.2) is 73.7 Å². The highest BCUT2D eigenvalue weighted by atomic mass is 35.5. The lowest BCUT2D eigenvalue weighted by molar-refractivity contribution is -0.147. The minimum Gasteiger partial charge on any atom is -0.472 e. The van der Waals surface area contributed by atoms with Gasteiger partial charge in [-0.1, -0.05) is 11.6 Å². The lowest BCUT2D eigenvalue weighted by Gasteiger charge is -2.08. The van der Waals surface area contributed by atoms with Gasteiger partial charge in [0.2, 0.25) is 5.82 Å². The smallest absolute Gasteiger partial charge is 0.451 e. The number of alkyl halides is 11. The molecule has 0 spiro atoms. The van der Waals surface area contributed by atoms with Crippen LogP contribution in [0.5, 0.6) is 0 Å². The summed E-state index contributed by atoms with van der Waals surface area (Å²) in [7, 11) is 10.6. The molecule has 0 unspecified atom stereocenters. The van der Waals surface area contributed by atoms with Crippen LogP contribution in [0.15, 0.2) is 125 Å². The molecule has 0 aromatic carbocycles. The molecule has 426 valence electrons. The lowest BCUT2D eigenvalue weighted by atomic mass is 10.3. The van der Waals surface area contributed by atoms with E-state index in [0.717, 1.165) is 60.2 Å². The minimum absolute atomic E-state index is 0.289. The van der Waals surface area contributed by atoms with Gasteiger partial charge in [0, 0.05) is 93.4 Å². The summed E-state index contributed by atoms with van der Waals surface area (Å²) in [6.07, 6.45) is 7.97. The van der Waals surface area contributed by atoms with Crippen molar-refractivity contribution >= 4 is 11.6 Å². The fraction of sp³-hybridized carbons (Fsp3) is 0.383. The molecule has 9 heterocycles. The molecule has 9 rings (SSSR count). The van der Waals surface area contributed by atoms with Crippen LogP contribution in [0.3, 0.4) is 0 Å². The molecule has 0 saturated carbocycles. The molecule has 17 nitrogen and oxygen atoms in total. The standard InChI is InChI=1S/C7H10F2N2.C6H9N.C6H8O.C5H6F3N3O.2C5H5F3N2.C5H6O.C4H5ClN2.C4H5FN2/c1-6-3-10-11(4-6)5-7(2,8)9;1-6-3-4-7(2)5-6;1-5-3-4-7-6(5)2;1-10-3(5(6,7)8)9-11(2)4(10)12;1-10-3-4(2-9-10)5(6,7)8;1-10-3-2-4(9-10)5(6,7)8;1-5-2-3-6-4-5;2*1-7-3-4(5)2-6-7/h3-4H,5H2,1-2H3;3-5H,1-2H3;3-4H,1-2H3;1-2H3;2*2-3H,1H3;2-4H,1H3;2*2-3H,1H3. The number of rotatable bonds is 2. The Morgan fingerprint density at radius 1 is 0.584 bits per heavy atom. The molecule has 0 aliphatic heterocycles. The Morgan fingerprint density at radius 2 is 1.18 bits per heavy atom. The van der Waals surface area contributed by atoms with Crippen molar-refractivity contribution in [2.75, 3.05) is 0 Å². The average molecular weight is 1130 g/mol. The number of halogens is 13. The topological polar surface area (TPSA) is 160 Å². The van der Waals surface area contributed by atoms with Crippen LogP contribution in [0, 0.1) is 40.4 Å². The molecule has 0 aliphatic carbocycles. The first-order valence-electron chi connectivity index (χ1n) is 21.9. The number of hydrogen-bond acceptors (Lipinski definition) is 9. The van der Waals surface area contributed by atoms with Crippen LogP contribution in [0.25, 0.3) is 0 Å². The summed E-state index contributed by atoms with van der Waals surface area (Å²) >= 11 is 5.48. The third-order valence-electron chi connectivity index (χ3n) is 8.73. The van der Waals surface area contributed by atoms with Gasteiger partial charge in [-0.25, -0.2) is 22.6 Å². The first kappa shape index (κ1) is 67.3. The summed E-state index contributed by atoms with van der Waals surface area (Å²) in [5.41, 5.74) is 2.26. The molecule has 0 N–H and O–H groups in total.